The highest BCUT2D eigenvalue weighted by atomic mass is 16.2. The van der Waals surface area contributed by atoms with Crippen molar-refractivity contribution in [2.24, 2.45) is 5.92 Å². The van der Waals surface area contributed by atoms with Crippen LogP contribution in [0.15, 0.2) is 18.2 Å². The van der Waals surface area contributed by atoms with Crippen LogP contribution in [0.4, 0.5) is 0 Å². The zero-order valence-corrected chi connectivity index (χ0v) is 12.7. The summed E-state index contributed by atoms with van der Waals surface area (Å²) in [7, 11) is 0. The Labute approximate surface area is 131 Å². The maximum atomic E-state index is 12.1. The summed E-state index contributed by atoms with van der Waals surface area (Å²) in [6.45, 7) is 0.448. The van der Waals surface area contributed by atoms with E-state index in [0.29, 0.717) is 17.5 Å². The first-order valence-electron chi connectivity index (χ1n) is 9.74. The topological polar surface area (TPSA) is 20.3 Å². The lowest BCUT2D eigenvalue weighted by atomic mass is 9.52. The number of rotatable bonds is 0. The maximum absolute atomic E-state index is 12.1. The lowest BCUT2D eigenvalue weighted by Gasteiger charge is -2.59. The molecule has 1 aromatic carbocycles. The summed E-state index contributed by atoms with van der Waals surface area (Å²) < 4.78 is 23.3. The quantitative estimate of drug-likeness (QED) is 0.713. The van der Waals surface area contributed by atoms with E-state index in [0.717, 1.165) is 32.2 Å². The molecule has 1 aromatic rings. The first kappa shape index (κ1) is 10.4. The highest BCUT2D eigenvalue weighted by Crippen LogP contribution is 2.55. The molecule has 1 aliphatic heterocycles. The van der Waals surface area contributed by atoms with E-state index in [1.54, 1.807) is 13.0 Å². The number of aryl methyl sites for hydroxylation is 1. The standard InChI is InChI=1S/C19H25NO/c1-13-6-7-15-12-18-16-5-3-4-8-19(16,17(15)11-13)9-10-20(18)14(2)21/h6-7,11,16,18H,3-5,8-10,12H2,1-2H3/t16-,18+,19+/m1/s1/i1D3. The van der Waals surface area contributed by atoms with Crippen LogP contribution in [0.25, 0.3) is 0 Å². The molecule has 1 saturated carbocycles. The first-order valence-corrected chi connectivity index (χ1v) is 8.24. The molecule has 1 saturated heterocycles. The predicted octanol–water partition coefficient (Wildman–Crippen LogP) is 3.60. The second-order valence-electron chi connectivity index (χ2n) is 7.11. The Morgan fingerprint density at radius 3 is 3.10 bits per heavy atom. The minimum Gasteiger partial charge on any atom is -0.339 e. The van der Waals surface area contributed by atoms with Crippen molar-refractivity contribution in [1.82, 2.24) is 4.90 Å². The zero-order chi connectivity index (χ0) is 17.1. The van der Waals surface area contributed by atoms with E-state index in [4.69, 9.17) is 4.11 Å². The Kier molecular flexibility index (Phi) is 2.28. The highest BCUT2D eigenvalue weighted by Gasteiger charge is 2.54. The summed E-state index contributed by atoms with van der Waals surface area (Å²) in [6.07, 6.45) is 6.58. The molecular weight excluding hydrogens is 258 g/mol. The smallest absolute Gasteiger partial charge is 0.219 e. The SMILES string of the molecule is [2H]C([2H])([2H])c1ccc2c(c1)[C@]13CCCC[C@@H]1[C@H](C2)N(C(C)=O)CC3. The molecule has 2 nitrogen and oxygen atoms in total. The number of nitrogens with zero attached hydrogens (tertiary/aromatic N) is 1. The number of hydrogen-bond acceptors (Lipinski definition) is 1. The normalized spacial score (nSPS) is 36.8. The summed E-state index contributed by atoms with van der Waals surface area (Å²) in [6, 6.07) is 6.04. The van der Waals surface area contributed by atoms with Crippen LogP contribution >= 0.6 is 0 Å². The van der Waals surface area contributed by atoms with Crippen LogP contribution in [-0.2, 0) is 16.6 Å². The molecule has 0 aromatic heterocycles. The molecule has 3 atom stereocenters. The average Bonchev–Trinajstić information content (AvgIpc) is 2.53. The molecule has 0 spiro atoms. The van der Waals surface area contributed by atoms with Crippen LogP contribution in [0.3, 0.4) is 0 Å². The van der Waals surface area contributed by atoms with Crippen LogP contribution in [0.5, 0.6) is 0 Å². The van der Waals surface area contributed by atoms with Crippen molar-refractivity contribution in [2.75, 3.05) is 6.54 Å². The van der Waals surface area contributed by atoms with Crippen LogP contribution in [0.1, 0.15) is 59.8 Å². The van der Waals surface area contributed by atoms with Gasteiger partial charge >= 0.3 is 0 Å². The molecule has 1 heterocycles. The van der Waals surface area contributed by atoms with Gasteiger partial charge in [-0.15, -0.1) is 0 Å². The van der Waals surface area contributed by atoms with Crippen molar-refractivity contribution in [3.05, 3.63) is 34.9 Å². The number of piperidine rings is 1. The number of fused-ring (bicyclic) bond motifs is 1. The Morgan fingerprint density at radius 2 is 2.29 bits per heavy atom. The van der Waals surface area contributed by atoms with Gasteiger partial charge in [0.05, 0.1) is 0 Å². The fourth-order valence-corrected chi connectivity index (χ4v) is 5.40. The van der Waals surface area contributed by atoms with Crippen molar-refractivity contribution in [2.45, 2.75) is 63.8 Å². The van der Waals surface area contributed by atoms with Crippen molar-refractivity contribution in [3.63, 3.8) is 0 Å². The van der Waals surface area contributed by atoms with Gasteiger partial charge in [0, 0.05) is 29.0 Å². The van der Waals surface area contributed by atoms with Crippen LogP contribution in [0.2, 0.25) is 0 Å². The molecule has 4 rings (SSSR count). The van der Waals surface area contributed by atoms with E-state index in [9.17, 15) is 4.79 Å². The van der Waals surface area contributed by atoms with E-state index in [2.05, 4.69) is 4.90 Å². The number of likely N-dealkylation sites (tertiary alicyclic amines) is 1. The Morgan fingerprint density at radius 1 is 1.38 bits per heavy atom. The van der Waals surface area contributed by atoms with E-state index in [1.807, 2.05) is 12.1 Å². The summed E-state index contributed by atoms with van der Waals surface area (Å²) in [4.78, 5) is 14.2. The van der Waals surface area contributed by atoms with Gasteiger partial charge in [0.15, 0.2) is 0 Å². The number of benzene rings is 1. The fourth-order valence-electron chi connectivity index (χ4n) is 5.40. The van der Waals surface area contributed by atoms with E-state index < -0.39 is 6.85 Å². The van der Waals surface area contributed by atoms with E-state index in [1.165, 1.54) is 24.0 Å². The van der Waals surface area contributed by atoms with Crippen molar-refractivity contribution in [1.29, 1.82) is 0 Å². The van der Waals surface area contributed by atoms with Crippen LogP contribution in [0, 0.1) is 12.8 Å². The van der Waals surface area contributed by atoms with Crippen molar-refractivity contribution in [3.8, 4) is 0 Å². The van der Waals surface area contributed by atoms with Gasteiger partial charge in [0.1, 0.15) is 0 Å². The molecule has 0 radical (unpaired) electrons. The number of carbonyl (C=O) groups excluding carboxylic acids is 1. The Balaban J connectivity index is 1.86. The predicted molar refractivity (Wildman–Crippen MR) is 84.3 cm³/mol. The third-order valence-corrected chi connectivity index (χ3v) is 6.24. The fraction of sp³-hybridized carbons (Fsp3) is 0.632. The number of carbonyl (C=O) groups is 1. The van der Waals surface area contributed by atoms with Gasteiger partial charge in [-0.25, -0.2) is 0 Å². The minimum atomic E-state index is -2.05. The molecule has 2 bridgehead atoms. The lowest BCUT2D eigenvalue weighted by Crippen LogP contribution is -2.61. The van der Waals surface area contributed by atoms with Gasteiger partial charge in [0.2, 0.25) is 5.91 Å². The maximum Gasteiger partial charge on any atom is 0.219 e. The van der Waals surface area contributed by atoms with Gasteiger partial charge in [0.25, 0.3) is 0 Å². The molecule has 2 heteroatoms. The molecule has 21 heavy (non-hydrogen) atoms. The van der Waals surface area contributed by atoms with Gasteiger partial charge in [-0.05, 0) is 49.6 Å². The van der Waals surface area contributed by atoms with E-state index >= 15 is 0 Å². The minimum absolute atomic E-state index is 0.0870. The van der Waals surface area contributed by atoms with Crippen molar-refractivity contribution < 1.29 is 8.91 Å². The van der Waals surface area contributed by atoms with Gasteiger partial charge in [-0.3, -0.25) is 4.79 Å². The molecule has 3 aliphatic rings. The molecule has 0 unspecified atom stereocenters. The molecule has 2 aliphatic carbocycles. The summed E-state index contributed by atoms with van der Waals surface area (Å²) >= 11 is 0. The van der Waals surface area contributed by atoms with Gasteiger partial charge < -0.3 is 4.90 Å². The number of hydrogen-bond donors (Lipinski definition) is 0. The second kappa shape index (κ2) is 4.59. The lowest BCUT2D eigenvalue weighted by molar-refractivity contribution is -0.138. The molecule has 2 fully saturated rings. The highest BCUT2D eigenvalue weighted by molar-refractivity contribution is 5.74. The number of amides is 1. The van der Waals surface area contributed by atoms with Crippen LogP contribution < -0.4 is 0 Å². The summed E-state index contributed by atoms with van der Waals surface area (Å²) in [5, 5.41) is 0. The average molecular weight is 286 g/mol. The second-order valence-corrected chi connectivity index (χ2v) is 7.11. The first-order chi connectivity index (χ1) is 11.3. The molecular formula is C19H25NO. The van der Waals surface area contributed by atoms with Gasteiger partial charge in [-0.2, -0.15) is 0 Å². The van der Waals surface area contributed by atoms with Gasteiger partial charge in [-0.1, -0.05) is 36.6 Å². The Bertz CT molecular complexity index is 684. The zero-order valence-electron chi connectivity index (χ0n) is 15.7. The van der Waals surface area contributed by atoms with E-state index in [-0.39, 0.29) is 11.3 Å². The Hall–Kier alpha value is -1.31. The largest absolute Gasteiger partial charge is 0.339 e. The molecule has 0 N–H and O–H groups in total. The third-order valence-electron chi connectivity index (χ3n) is 6.24. The molecule has 112 valence electrons. The molecule has 1 amide bonds. The third kappa shape index (κ3) is 1.81. The van der Waals surface area contributed by atoms with Crippen LogP contribution in [-0.4, -0.2) is 23.4 Å². The summed E-state index contributed by atoms with van der Waals surface area (Å²) in [5.74, 6) is 0.671. The van der Waals surface area contributed by atoms with Crippen molar-refractivity contribution >= 4 is 5.91 Å². The summed E-state index contributed by atoms with van der Waals surface area (Å²) in [5.41, 5.74) is 3.09. The monoisotopic (exact) mass is 286 g/mol.